The molecule has 0 aliphatic carbocycles. The van der Waals surface area contributed by atoms with Crippen LogP contribution in [0.5, 0.6) is 5.75 Å². The average Bonchev–Trinajstić information content (AvgIpc) is 2.49. The number of benzene rings is 1. The monoisotopic (exact) mass is 329 g/mol. The minimum atomic E-state index is -0.491. The topological polar surface area (TPSA) is 41.5 Å². The first-order chi connectivity index (χ1) is 10.1. The van der Waals surface area contributed by atoms with E-state index in [-0.39, 0.29) is 0 Å². The van der Waals surface area contributed by atoms with E-state index in [0.717, 1.165) is 22.9 Å². The van der Waals surface area contributed by atoms with E-state index < -0.39 is 6.10 Å². The molecule has 1 aromatic rings. The van der Waals surface area contributed by atoms with E-state index in [4.69, 9.17) is 16.3 Å². The predicted octanol–water partition coefficient (Wildman–Crippen LogP) is 3.26. The number of aliphatic hydroxyl groups is 1. The summed E-state index contributed by atoms with van der Waals surface area (Å²) in [5.41, 5.74) is 0.983. The molecule has 1 heterocycles. The fourth-order valence-corrected chi connectivity index (χ4v) is 3.73. The third-order valence-electron chi connectivity index (χ3n) is 3.60. The fourth-order valence-electron chi connectivity index (χ4n) is 2.34. The first kappa shape index (κ1) is 16.9. The van der Waals surface area contributed by atoms with Crippen LogP contribution in [0.15, 0.2) is 18.2 Å². The second kappa shape index (κ2) is 8.89. The van der Waals surface area contributed by atoms with E-state index in [9.17, 15) is 5.11 Å². The van der Waals surface area contributed by atoms with Gasteiger partial charge in [-0.3, -0.25) is 0 Å². The number of ether oxygens (including phenoxy) is 1. The quantitative estimate of drug-likeness (QED) is 0.805. The van der Waals surface area contributed by atoms with Gasteiger partial charge in [-0.05, 0) is 49.3 Å². The van der Waals surface area contributed by atoms with E-state index in [1.807, 2.05) is 36.9 Å². The molecule has 21 heavy (non-hydrogen) atoms. The molecule has 1 aliphatic rings. The molecular formula is C16H24ClNO2S. The van der Waals surface area contributed by atoms with Crippen LogP contribution in [0.2, 0.25) is 5.02 Å². The smallest absolute Gasteiger partial charge is 0.119 e. The second-order valence-corrected chi connectivity index (χ2v) is 7.34. The van der Waals surface area contributed by atoms with Gasteiger partial charge in [-0.2, -0.15) is 11.8 Å². The minimum Gasteiger partial charge on any atom is -0.491 e. The van der Waals surface area contributed by atoms with Crippen molar-refractivity contribution in [1.29, 1.82) is 0 Å². The third-order valence-corrected chi connectivity index (χ3v) is 5.42. The third kappa shape index (κ3) is 6.07. The number of rotatable bonds is 7. The van der Waals surface area contributed by atoms with E-state index in [2.05, 4.69) is 5.32 Å². The van der Waals surface area contributed by atoms with Crippen LogP contribution in [0.3, 0.4) is 0 Å². The van der Waals surface area contributed by atoms with Crippen LogP contribution in [0.4, 0.5) is 0 Å². The molecule has 2 atom stereocenters. The average molecular weight is 330 g/mol. The van der Waals surface area contributed by atoms with Gasteiger partial charge in [-0.15, -0.1) is 0 Å². The van der Waals surface area contributed by atoms with Gasteiger partial charge in [0, 0.05) is 23.4 Å². The minimum absolute atomic E-state index is 0.298. The van der Waals surface area contributed by atoms with Crippen molar-refractivity contribution in [2.75, 3.05) is 25.4 Å². The SMILES string of the molecule is Cc1cc(OCC(O)CNCC2CCCCS2)ccc1Cl. The summed E-state index contributed by atoms with van der Waals surface area (Å²) in [5.74, 6) is 2.02. The standard InChI is InChI=1S/C16H24ClNO2S/c1-12-8-14(5-6-16(12)17)20-11-13(19)9-18-10-15-4-2-3-7-21-15/h5-6,8,13,15,18-19H,2-4,7,9-11H2,1H3. The van der Waals surface area contributed by atoms with E-state index >= 15 is 0 Å². The van der Waals surface area contributed by atoms with Crippen molar-refractivity contribution in [2.45, 2.75) is 37.5 Å². The summed E-state index contributed by atoms with van der Waals surface area (Å²) in [5, 5.41) is 14.7. The summed E-state index contributed by atoms with van der Waals surface area (Å²) in [6.45, 7) is 3.78. The molecule has 2 rings (SSSR count). The Hall–Kier alpha value is -0.420. The highest BCUT2D eigenvalue weighted by molar-refractivity contribution is 7.99. The van der Waals surface area contributed by atoms with Gasteiger partial charge in [0.05, 0.1) is 0 Å². The molecule has 0 aromatic heterocycles. The van der Waals surface area contributed by atoms with Gasteiger partial charge in [0.15, 0.2) is 0 Å². The van der Waals surface area contributed by atoms with Crippen LogP contribution in [0.25, 0.3) is 0 Å². The predicted molar refractivity (Wildman–Crippen MR) is 90.7 cm³/mol. The molecule has 1 fully saturated rings. The number of hydrogen-bond acceptors (Lipinski definition) is 4. The lowest BCUT2D eigenvalue weighted by Gasteiger charge is -2.22. The van der Waals surface area contributed by atoms with Gasteiger partial charge in [0.1, 0.15) is 18.5 Å². The molecule has 118 valence electrons. The van der Waals surface area contributed by atoms with E-state index in [1.54, 1.807) is 0 Å². The number of nitrogens with one attached hydrogen (secondary N) is 1. The molecule has 0 amide bonds. The van der Waals surface area contributed by atoms with Crippen molar-refractivity contribution in [3.05, 3.63) is 28.8 Å². The second-order valence-electron chi connectivity index (χ2n) is 5.52. The maximum atomic E-state index is 9.94. The van der Waals surface area contributed by atoms with Crippen molar-refractivity contribution >= 4 is 23.4 Å². The normalized spacial score (nSPS) is 20.2. The molecule has 1 aromatic carbocycles. The number of aryl methyl sites for hydroxylation is 1. The van der Waals surface area contributed by atoms with Crippen LogP contribution in [0.1, 0.15) is 24.8 Å². The largest absolute Gasteiger partial charge is 0.491 e. The van der Waals surface area contributed by atoms with Gasteiger partial charge >= 0.3 is 0 Å². The van der Waals surface area contributed by atoms with Crippen LogP contribution >= 0.6 is 23.4 Å². The summed E-state index contributed by atoms with van der Waals surface area (Å²) >= 11 is 8.01. The van der Waals surface area contributed by atoms with Crippen molar-refractivity contribution in [1.82, 2.24) is 5.32 Å². The molecule has 2 unspecified atom stereocenters. The molecule has 2 N–H and O–H groups in total. The van der Waals surface area contributed by atoms with Crippen molar-refractivity contribution in [3.8, 4) is 5.75 Å². The molecule has 3 nitrogen and oxygen atoms in total. The Kier molecular flexibility index (Phi) is 7.17. The van der Waals surface area contributed by atoms with Gasteiger partial charge < -0.3 is 15.2 Å². The molecule has 0 saturated carbocycles. The van der Waals surface area contributed by atoms with E-state index in [1.165, 1.54) is 25.0 Å². The zero-order valence-electron chi connectivity index (χ0n) is 12.5. The number of aliphatic hydroxyl groups excluding tert-OH is 1. The molecule has 1 saturated heterocycles. The lowest BCUT2D eigenvalue weighted by Crippen LogP contribution is -2.35. The van der Waals surface area contributed by atoms with Crippen LogP contribution in [-0.2, 0) is 0 Å². The zero-order valence-corrected chi connectivity index (χ0v) is 14.1. The first-order valence-corrected chi connectivity index (χ1v) is 8.97. The maximum Gasteiger partial charge on any atom is 0.119 e. The van der Waals surface area contributed by atoms with Crippen LogP contribution < -0.4 is 10.1 Å². The Morgan fingerprint density at radius 3 is 3.05 bits per heavy atom. The summed E-state index contributed by atoms with van der Waals surface area (Å²) in [7, 11) is 0. The Morgan fingerprint density at radius 1 is 1.48 bits per heavy atom. The number of halogens is 1. The number of thioether (sulfide) groups is 1. The zero-order chi connectivity index (χ0) is 15.1. The highest BCUT2D eigenvalue weighted by Crippen LogP contribution is 2.24. The summed E-state index contributed by atoms with van der Waals surface area (Å²) in [6, 6.07) is 5.53. The van der Waals surface area contributed by atoms with Gasteiger partial charge in [0.2, 0.25) is 0 Å². The summed E-state index contributed by atoms with van der Waals surface area (Å²) in [6.07, 6.45) is 3.47. The van der Waals surface area contributed by atoms with Crippen molar-refractivity contribution in [2.24, 2.45) is 0 Å². The summed E-state index contributed by atoms with van der Waals surface area (Å²) in [4.78, 5) is 0. The lowest BCUT2D eigenvalue weighted by molar-refractivity contribution is 0.106. The number of hydrogen-bond donors (Lipinski definition) is 2. The van der Waals surface area contributed by atoms with Crippen LogP contribution in [0, 0.1) is 6.92 Å². The Bertz CT molecular complexity index is 438. The summed E-state index contributed by atoms with van der Waals surface area (Å²) < 4.78 is 5.59. The Labute approximate surface area is 136 Å². The van der Waals surface area contributed by atoms with Gasteiger partial charge in [-0.1, -0.05) is 18.0 Å². The van der Waals surface area contributed by atoms with Crippen molar-refractivity contribution < 1.29 is 9.84 Å². The maximum absolute atomic E-state index is 9.94. The molecule has 0 radical (unpaired) electrons. The lowest BCUT2D eigenvalue weighted by atomic mass is 10.2. The molecule has 5 heteroatoms. The molecular weight excluding hydrogens is 306 g/mol. The highest BCUT2D eigenvalue weighted by atomic mass is 35.5. The van der Waals surface area contributed by atoms with Crippen LogP contribution in [-0.4, -0.2) is 41.9 Å². The molecule has 1 aliphatic heterocycles. The van der Waals surface area contributed by atoms with Crippen molar-refractivity contribution in [3.63, 3.8) is 0 Å². The first-order valence-electron chi connectivity index (χ1n) is 7.54. The molecule has 0 spiro atoms. The van der Waals surface area contributed by atoms with Gasteiger partial charge in [0.25, 0.3) is 0 Å². The van der Waals surface area contributed by atoms with E-state index in [0.29, 0.717) is 18.4 Å². The fraction of sp³-hybridized carbons (Fsp3) is 0.625. The molecule has 0 bridgehead atoms. The Balaban J connectivity index is 1.62. The highest BCUT2D eigenvalue weighted by Gasteiger charge is 2.14. The Morgan fingerprint density at radius 2 is 2.33 bits per heavy atom. The van der Waals surface area contributed by atoms with Gasteiger partial charge in [-0.25, -0.2) is 0 Å².